The molecule has 0 fully saturated rings. The van der Waals surface area contributed by atoms with Crippen LogP contribution in [0.1, 0.15) is 57.2 Å². The highest BCUT2D eigenvalue weighted by Gasteiger charge is 2.24. The molecule has 0 saturated heterocycles. The fourth-order valence-electron chi connectivity index (χ4n) is 3.81. The molecule has 1 atom stereocenters. The van der Waals surface area contributed by atoms with Gasteiger partial charge in [0, 0.05) is 24.9 Å². The van der Waals surface area contributed by atoms with Crippen molar-refractivity contribution in [3.8, 4) is 11.4 Å². The van der Waals surface area contributed by atoms with Gasteiger partial charge >= 0.3 is 6.09 Å². The molecule has 2 aromatic heterocycles. The van der Waals surface area contributed by atoms with Crippen LogP contribution in [-0.4, -0.2) is 36.4 Å². The van der Waals surface area contributed by atoms with Gasteiger partial charge in [0.1, 0.15) is 11.9 Å². The minimum atomic E-state index is -0.527. The first kappa shape index (κ1) is 21.7. The number of anilines is 2. The summed E-state index contributed by atoms with van der Waals surface area (Å²) in [4.78, 5) is 25.5. The Morgan fingerprint density at radius 2 is 2.03 bits per heavy atom. The van der Waals surface area contributed by atoms with Gasteiger partial charge in [-0.05, 0) is 57.2 Å². The molecule has 9 heteroatoms. The van der Waals surface area contributed by atoms with E-state index < -0.39 is 5.60 Å². The molecule has 1 aliphatic carbocycles. The molecule has 0 saturated carbocycles. The van der Waals surface area contributed by atoms with Crippen LogP contribution in [-0.2, 0) is 18.2 Å². The Morgan fingerprint density at radius 3 is 2.78 bits per heavy atom. The Hall–Kier alpha value is -3.49. The third-order valence-corrected chi connectivity index (χ3v) is 5.18. The van der Waals surface area contributed by atoms with E-state index in [9.17, 15) is 4.79 Å². The van der Waals surface area contributed by atoms with Crippen molar-refractivity contribution in [2.24, 2.45) is 7.05 Å². The Bertz CT molecular complexity index is 1100. The molecule has 1 amide bonds. The summed E-state index contributed by atoms with van der Waals surface area (Å²) in [5.41, 5.74) is 2.70. The number of carbonyl (C=O) groups excluding carboxylic acids is 1. The molecule has 3 aromatic rings. The standard InChI is InChI=1S/C23H29N7O2/c1-23(2,3)32-22(31)26-18-8-6-5-7-15-13-16(9-10-17(15)18)20-24-14-25-21(28-20)27-19-11-12-30(4)29-19/h9-14,18H,5-8H2,1-4H3,(H,26,31)(H,24,25,27,28,29). The molecule has 168 valence electrons. The largest absolute Gasteiger partial charge is 0.444 e. The summed E-state index contributed by atoms with van der Waals surface area (Å²) in [5.74, 6) is 1.69. The van der Waals surface area contributed by atoms with E-state index in [1.165, 1.54) is 11.9 Å². The normalized spacial score (nSPS) is 16.1. The Morgan fingerprint density at radius 1 is 1.19 bits per heavy atom. The molecule has 0 aliphatic heterocycles. The molecular weight excluding hydrogens is 406 g/mol. The average Bonchev–Trinajstić information content (AvgIpc) is 3.02. The number of benzene rings is 1. The van der Waals surface area contributed by atoms with Crippen molar-refractivity contribution in [3.05, 3.63) is 47.9 Å². The van der Waals surface area contributed by atoms with Gasteiger partial charge in [0.15, 0.2) is 11.6 Å². The maximum atomic E-state index is 12.4. The average molecular weight is 436 g/mol. The van der Waals surface area contributed by atoms with E-state index in [0.717, 1.165) is 36.8 Å². The molecule has 1 unspecified atom stereocenters. The maximum Gasteiger partial charge on any atom is 0.408 e. The van der Waals surface area contributed by atoms with Crippen molar-refractivity contribution in [1.29, 1.82) is 0 Å². The SMILES string of the molecule is Cn1ccc(Nc2ncnc(-c3ccc4c(c3)CCCCC4NC(=O)OC(C)(C)C)n2)n1. The molecule has 32 heavy (non-hydrogen) atoms. The number of ether oxygens (including phenoxy) is 1. The lowest BCUT2D eigenvalue weighted by Gasteiger charge is -2.24. The van der Waals surface area contributed by atoms with Gasteiger partial charge in [-0.1, -0.05) is 18.6 Å². The van der Waals surface area contributed by atoms with Gasteiger partial charge in [-0.2, -0.15) is 10.1 Å². The van der Waals surface area contributed by atoms with Crippen molar-refractivity contribution in [2.75, 3.05) is 5.32 Å². The summed E-state index contributed by atoms with van der Waals surface area (Å²) >= 11 is 0. The first-order valence-corrected chi connectivity index (χ1v) is 10.9. The van der Waals surface area contributed by atoms with Gasteiger partial charge in [-0.3, -0.25) is 4.68 Å². The van der Waals surface area contributed by atoms with E-state index >= 15 is 0 Å². The second kappa shape index (κ2) is 8.94. The molecule has 9 nitrogen and oxygen atoms in total. The van der Waals surface area contributed by atoms with Crippen molar-refractivity contribution >= 4 is 17.9 Å². The van der Waals surface area contributed by atoms with Crippen LogP contribution in [0, 0.1) is 0 Å². The minimum Gasteiger partial charge on any atom is -0.444 e. The molecule has 2 heterocycles. The van der Waals surface area contributed by atoms with Crippen molar-refractivity contribution < 1.29 is 9.53 Å². The van der Waals surface area contributed by atoms with Crippen LogP contribution in [0.5, 0.6) is 0 Å². The molecule has 0 bridgehead atoms. The highest BCUT2D eigenvalue weighted by molar-refractivity contribution is 5.69. The topological polar surface area (TPSA) is 107 Å². The third-order valence-electron chi connectivity index (χ3n) is 5.18. The van der Waals surface area contributed by atoms with Gasteiger partial charge in [0.2, 0.25) is 5.95 Å². The quantitative estimate of drug-likeness (QED) is 0.588. The lowest BCUT2D eigenvalue weighted by atomic mass is 9.96. The lowest BCUT2D eigenvalue weighted by molar-refractivity contribution is 0.0501. The Labute approximate surface area is 187 Å². The highest BCUT2D eigenvalue weighted by Crippen LogP contribution is 2.32. The van der Waals surface area contributed by atoms with Crippen LogP contribution < -0.4 is 10.6 Å². The summed E-state index contributed by atoms with van der Waals surface area (Å²) in [5, 5.41) is 10.4. The van der Waals surface area contributed by atoms with Crippen LogP contribution in [0.3, 0.4) is 0 Å². The first-order valence-electron chi connectivity index (χ1n) is 10.9. The van der Waals surface area contributed by atoms with E-state index in [4.69, 9.17) is 4.74 Å². The number of hydrogen-bond donors (Lipinski definition) is 2. The Balaban J connectivity index is 1.56. The van der Waals surface area contributed by atoms with Gasteiger partial charge in [0.25, 0.3) is 0 Å². The van der Waals surface area contributed by atoms with Gasteiger partial charge in [-0.15, -0.1) is 0 Å². The monoisotopic (exact) mass is 435 g/mol. The van der Waals surface area contributed by atoms with Crippen LogP contribution in [0.4, 0.5) is 16.6 Å². The molecular formula is C23H29N7O2. The van der Waals surface area contributed by atoms with Gasteiger partial charge < -0.3 is 15.4 Å². The van der Waals surface area contributed by atoms with E-state index in [-0.39, 0.29) is 12.1 Å². The van der Waals surface area contributed by atoms with Gasteiger partial charge in [-0.25, -0.2) is 14.8 Å². The Kier molecular flexibility index (Phi) is 6.07. The van der Waals surface area contributed by atoms with Crippen LogP contribution in [0.25, 0.3) is 11.4 Å². The number of fused-ring (bicyclic) bond motifs is 1. The first-order chi connectivity index (χ1) is 15.3. The number of aryl methyl sites for hydroxylation is 2. The second-order valence-corrected chi connectivity index (χ2v) is 8.99. The van der Waals surface area contributed by atoms with Crippen LogP contribution in [0.15, 0.2) is 36.8 Å². The second-order valence-electron chi connectivity index (χ2n) is 8.99. The number of hydrogen-bond acceptors (Lipinski definition) is 7. The number of amides is 1. The predicted octanol–water partition coefficient (Wildman–Crippen LogP) is 4.31. The molecule has 4 rings (SSSR count). The molecule has 0 spiro atoms. The summed E-state index contributed by atoms with van der Waals surface area (Å²) in [7, 11) is 1.85. The zero-order valence-electron chi connectivity index (χ0n) is 18.9. The number of nitrogens with one attached hydrogen (secondary N) is 2. The van der Waals surface area contributed by atoms with E-state index in [2.05, 4.69) is 42.8 Å². The zero-order valence-corrected chi connectivity index (χ0v) is 18.9. The summed E-state index contributed by atoms with van der Waals surface area (Å²) in [6.07, 6.45) is 6.88. The predicted molar refractivity (Wildman–Crippen MR) is 121 cm³/mol. The number of alkyl carbamates (subject to hydrolysis) is 1. The number of aromatic nitrogens is 5. The summed E-state index contributed by atoms with van der Waals surface area (Å²) in [6.45, 7) is 5.60. The molecule has 1 aromatic carbocycles. The summed E-state index contributed by atoms with van der Waals surface area (Å²) in [6, 6.07) is 7.95. The molecule has 1 aliphatic rings. The number of carbonyl (C=O) groups is 1. The van der Waals surface area contributed by atoms with Crippen molar-refractivity contribution in [1.82, 2.24) is 30.0 Å². The minimum absolute atomic E-state index is 0.0730. The number of nitrogens with zero attached hydrogens (tertiary/aromatic N) is 5. The highest BCUT2D eigenvalue weighted by atomic mass is 16.6. The fourth-order valence-corrected chi connectivity index (χ4v) is 3.81. The maximum absolute atomic E-state index is 12.4. The molecule has 2 N–H and O–H groups in total. The van der Waals surface area contributed by atoms with E-state index in [1.54, 1.807) is 4.68 Å². The third kappa shape index (κ3) is 5.40. The number of rotatable bonds is 4. The van der Waals surface area contributed by atoms with Gasteiger partial charge in [0.05, 0.1) is 6.04 Å². The lowest BCUT2D eigenvalue weighted by Crippen LogP contribution is -2.35. The zero-order chi connectivity index (χ0) is 22.7. The van der Waals surface area contributed by atoms with E-state index in [1.807, 2.05) is 46.1 Å². The van der Waals surface area contributed by atoms with Crippen LogP contribution in [0.2, 0.25) is 0 Å². The van der Waals surface area contributed by atoms with Crippen LogP contribution >= 0.6 is 0 Å². The summed E-state index contributed by atoms with van der Waals surface area (Å²) < 4.78 is 7.17. The smallest absolute Gasteiger partial charge is 0.408 e. The van der Waals surface area contributed by atoms with Crippen molar-refractivity contribution in [3.63, 3.8) is 0 Å². The molecule has 0 radical (unpaired) electrons. The van der Waals surface area contributed by atoms with Crippen molar-refractivity contribution in [2.45, 2.75) is 58.1 Å². The fraction of sp³-hybridized carbons (Fsp3) is 0.435. The van der Waals surface area contributed by atoms with E-state index in [0.29, 0.717) is 17.6 Å².